The monoisotopic (exact) mass is 441 g/mol. The molecule has 0 saturated carbocycles. The highest BCUT2D eigenvalue weighted by Crippen LogP contribution is 2.36. The van der Waals surface area contributed by atoms with Crippen molar-refractivity contribution in [1.82, 2.24) is 0 Å². The van der Waals surface area contributed by atoms with Crippen LogP contribution in [0.2, 0.25) is 0 Å². The zero-order chi connectivity index (χ0) is 23.5. The largest absolute Gasteiger partial charge is 0.492 e. The molecule has 168 valence electrons. The molecule has 0 aromatic heterocycles. The van der Waals surface area contributed by atoms with Gasteiger partial charge in [-0.15, -0.1) is 0 Å². The van der Waals surface area contributed by atoms with Gasteiger partial charge < -0.3 is 15.0 Å². The molecule has 1 aliphatic rings. The second-order valence-electron chi connectivity index (χ2n) is 8.03. The van der Waals surface area contributed by atoms with E-state index in [1.807, 2.05) is 93.5 Å². The molecule has 1 heterocycles. The second kappa shape index (κ2) is 9.20. The fraction of sp³-hybridized carbons (Fsp3) is 0.185. The van der Waals surface area contributed by atoms with Crippen LogP contribution in [0.5, 0.6) is 5.75 Å². The van der Waals surface area contributed by atoms with E-state index in [2.05, 4.69) is 5.32 Å². The van der Waals surface area contributed by atoms with Gasteiger partial charge in [0.15, 0.2) is 0 Å². The molecule has 0 saturated heterocycles. The molecule has 33 heavy (non-hydrogen) atoms. The normalized spacial score (nSPS) is 13.5. The number of nitrogens with zero attached hydrogens (tertiary/aromatic N) is 2. The Kier molecular flexibility index (Phi) is 6.18. The molecule has 0 unspecified atom stereocenters. The number of imide groups is 1. The van der Waals surface area contributed by atoms with Crippen LogP contribution in [0, 0.1) is 6.92 Å². The summed E-state index contributed by atoms with van der Waals surface area (Å²) >= 11 is 0. The van der Waals surface area contributed by atoms with E-state index in [1.54, 1.807) is 12.1 Å². The maximum absolute atomic E-state index is 13.6. The van der Waals surface area contributed by atoms with Crippen molar-refractivity contribution >= 4 is 34.4 Å². The summed E-state index contributed by atoms with van der Waals surface area (Å²) in [5.74, 6) is -0.151. The van der Waals surface area contributed by atoms with Crippen LogP contribution >= 0.6 is 0 Å². The molecule has 2 amide bonds. The van der Waals surface area contributed by atoms with Crippen molar-refractivity contribution in [3.05, 3.63) is 89.6 Å². The number of para-hydroxylation sites is 2. The first kappa shape index (κ1) is 22.1. The number of hydrogen-bond acceptors (Lipinski definition) is 5. The number of aryl methyl sites for hydroxylation is 1. The van der Waals surface area contributed by atoms with Gasteiger partial charge in [-0.05, 0) is 55.8 Å². The Labute approximate surface area is 194 Å². The molecule has 6 nitrogen and oxygen atoms in total. The molecule has 6 heteroatoms. The molecule has 0 radical (unpaired) electrons. The number of benzene rings is 3. The molecule has 3 aromatic carbocycles. The quantitative estimate of drug-likeness (QED) is 0.531. The SMILES string of the molecule is CCOc1ccccc1NC1=C(c2ccc(C)cc2)C(=O)N(c2ccc(N(C)C)cc2)C1=O. The highest BCUT2D eigenvalue weighted by molar-refractivity contribution is 6.46. The highest BCUT2D eigenvalue weighted by atomic mass is 16.5. The zero-order valence-electron chi connectivity index (χ0n) is 19.3. The fourth-order valence-corrected chi connectivity index (χ4v) is 3.75. The van der Waals surface area contributed by atoms with E-state index in [4.69, 9.17) is 4.74 Å². The zero-order valence-corrected chi connectivity index (χ0v) is 19.3. The summed E-state index contributed by atoms with van der Waals surface area (Å²) in [6.07, 6.45) is 0. The number of carbonyl (C=O) groups is 2. The van der Waals surface area contributed by atoms with E-state index in [1.165, 1.54) is 4.90 Å². The van der Waals surface area contributed by atoms with Crippen molar-refractivity contribution in [1.29, 1.82) is 0 Å². The van der Waals surface area contributed by atoms with Crippen LogP contribution in [0.15, 0.2) is 78.5 Å². The Hall–Kier alpha value is -4.06. The second-order valence-corrected chi connectivity index (χ2v) is 8.03. The van der Waals surface area contributed by atoms with Crippen LogP contribution in [-0.2, 0) is 9.59 Å². The molecule has 0 atom stereocenters. The van der Waals surface area contributed by atoms with Gasteiger partial charge in [0.1, 0.15) is 11.4 Å². The summed E-state index contributed by atoms with van der Waals surface area (Å²) < 4.78 is 5.71. The van der Waals surface area contributed by atoms with Crippen molar-refractivity contribution in [2.24, 2.45) is 0 Å². The number of anilines is 3. The van der Waals surface area contributed by atoms with Gasteiger partial charge in [0, 0.05) is 19.8 Å². The van der Waals surface area contributed by atoms with Gasteiger partial charge in [0.2, 0.25) is 0 Å². The van der Waals surface area contributed by atoms with Gasteiger partial charge in [0.25, 0.3) is 11.8 Å². The van der Waals surface area contributed by atoms with E-state index < -0.39 is 5.91 Å². The molecule has 0 spiro atoms. The minimum atomic E-state index is -0.403. The third kappa shape index (κ3) is 4.32. The summed E-state index contributed by atoms with van der Waals surface area (Å²) in [7, 11) is 3.88. The smallest absolute Gasteiger partial charge is 0.282 e. The molecular weight excluding hydrogens is 414 g/mol. The van der Waals surface area contributed by atoms with Crippen molar-refractivity contribution in [3.8, 4) is 5.75 Å². The average molecular weight is 442 g/mol. The van der Waals surface area contributed by atoms with Crippen molar-refractivity contribution in [2.75, 3.05) is 35.8 Å². The molecule has 0 aliphatic carbocycles. The summed E-state index contributed by atoms with van der Waals surface area (Å²) in [4.78, 5) is 30.4. The average Bonchev–Trinajstić information content (AvgIpc) is 3.05. The first-order valence-corrected chi connectivity index (χ1v) is 10.9. The lowest BCUT2D eigenvalue weighted by molar-refractivity contribution is -0.120. The maximum atomic E-state index is 13.6. The van der Waals surface area contributed by atoms with Gasteiger partial charge in [-0.25, -0.2) is 4.90 Å². The van der Waals surface area contributed by atoms with Crippen LogP contribution in [0.4, 0.5) is 17.1 Å². The Balaban J connectivity index is 1.79. The van der Waals surface area contributed by atoms with Crippen molar-refractivity contribution in [2.45, 2.75) is 13.8 Å². The third-order valence-electron chi connectivity index (χ3n) is 5.50. The van der Waals surface area contributed by atoms with Crippen LogP contribution < -0.4 is 19.9 Å². The topological polar surface area (TPSA) is 61.9 Å². The third-order valence-corrected chi connectivity index (χ3v) is 5.50. The van der Waals surface area contributed by atoms with Crippen LogP contribution in [0.1, 0.15) is 18.1 Å². The summed E-state index contributed by atoms with van der Waals surface area (Å²) in [6.45, 7) is 4.37. The van der Waals surface area contributed by atoms with E-state index in [-0.39, 0.29) is 11.6 Å². The molecule has 3 aromatic rings. The predicted octanol–water partition coefficient (Wildman–Crippen LogP) is 4.86. The lowest BCUT2D eigenvalue weighted by atomic mass is 10.0. The Morgan fingerprint density at radius 3 is 2.18 bits per heavy atom. The number of amides is 2. The first-order chi connectivity index (χ1) is 15.9. The van der Waals surface area contributed by atoms with E-state index in [0.717, 1.165) is 11.3 Å². The molecular formula is C27H27N3O3. The Bertz CT molecular complexity index is 1210. The predicted molar refractivity (Wildman–Crippen MR) is 133 cm³/mol. The van der Waals surface area contributed by atoms with Crippen LogP contribution in [-0.4, -0.2) is 32.5 Å². The Morgan fingerprint density at radius 2 is 1.55 bits per heavy atom. The molecule has 0 fully saturated rings. The fourth-order valence-electron chi connectivity index (χ4n) is 3.75. The van der Waals surface area contributed by atoms with Gasteiger partial charge in [0.05, 0.1) is 23.6 Å². The first-order valence-electron chi connectivity index (χ1n) is 10.9. The van der Waals surface area contributed by atoms with E-state index >= 15 is 0 Å². The van der Waals surface area contributed by atoms with Crippen LogP contribution in [0.3, 0.4) is 0 Å². The van der Waals surface area contributed by atoms with Crippen molar-refractivity contribution < 1.29 is 14.3 Å². The van der Waals surface area contributed by atoms with Gasteiger partial charge >= 0.3 is 0 Å². The molecule has 0 bridgehead atoms. The number of carbonyl (C=O) groups excluding carboxylic acids is 2. The van der Waals surface area contributed by atoms with Crippen LogP contribution in [0.25, 0.3) is 5.57 Å². The van der Waals surface area contributed by atoms with E-state index in [0.29, 0.717) is 34.9 Å². The lowest BCUT2D eigenvalue weighted by Crippen LogP contribution is -2.32. The number of rotatable bonds is 7. The summed E-state index contributed by atoms with van der Waals surface area (Å²) in [5.41, 5.74) is 4.45. The minimum Gasteiger partial charge on any atom is -0.492 e. The van der Waals surface area contributed by atoms with E-state index in [9.17, 15) is 9.59 Å². The highest BCUT2D eigenvalue weighted by Gasteiger charge is 2.40. The number of nitrogens with one attached hydrogen (secondary N) is 1. The summed E-state index contributed by atoms with van der Waals surface area (Å²) in [5, 5.41) is 3.20. The minimum absolute atomic E-state index is 0.229. The number of ether oxygens (including phenoxy) is 1. The maximum Gasteiger partial charge on any atom is 0.282 e. The Morgan fingerprint density at radius 1 is 0.879 bits per heavy atom. The number of hydrogen-bond donors (Lipinski definition) is 1. The van der Waals surface area contributed by atoms with Crippen molar-refractivity contribution in [3.63, 3.8) is 0 Å². The summed E-state index contributed by atoms with van der Waals surface area (Å²) in [6, 6.07) is 22.3. The molecule has 1 N–H and O–H groups in total. The van der Waals surface area contributed by atoms with Gasteiger partial charge in [-0.1, -0.05) is 42.0 Å². The molecule has 4 rings (SSSR count). The molecule has 1 aliphatic heterocycles. The van der Waals surface area contributed by atoms with Gasteiger partial charge in [-0.3, -0.25) is 9.59 Å². The van der Waals surface area contributed by atoms with Gasteiger partial charge in [-0.2, -0.15) is 0 Å². The standard InChI is InChI=1S/C27H27N3O3/c1-5-33-23-9-7-6-8-22(23)28-25-24(19-12-10-18(2)11-13-19)26(31)30(27(25)32)21-16-14-20(15-17-21)29(3)4/h6-17,28H,5H2,1-4H3. The lowest BCUT2D eigenvalue weighted by Gasteiger charge is -2.18.